The average Bonchev–Trinajstić information content (AvgIpc) is 3.25. The first-order chi connectivity index (χ1) is 14.1. The van der Waals surface area contributed by atoms with Crippen LogP contribution in [0, 0.1) is 5.82 Å². The lowest BCUT2D eigenvalue weighted by atomic mass is 10.1. The highest BCUT2D eigenvalue weighted by molar-refractivity contribution is 7.13. The molecule has 4 nitrogen and oxygen atoms in total. The van der Waals surface area contributed by atoms with Gasteiger partial charge in [-0.25, -0.2) is 9.37 Å². The van der Waals surface area contributed by atoms with Gasteiger partial charge in [-0.15, -0.1) is 11.3 Å². The number of nitrogens with zero attached hydrogens (tertiary/aromatic N) is 1. The van der Waals surface area contributed by atoms with E-state index in [-0.39, 0.29) is 11.3 Å². The number of rotatable bonds is 5. The van der Waals surface area contributed by atoms with E-state index in [9.17, 15) is 9.18 Å². The molecule has 0 radical (unpaired) electrons. The van der Waals surface area contributed by atoms with Crippen LogP contribution in [0.3, 0.4) is 0 Å². The number of carbonyl (C=O) groups excluding carboxylic acids is 1. The second-order valence-electron chi connectivity index (χ2n) is 6.29. The number of ether oxygens (including phenoxy) is 1. The Hall–Kier alpha value is -3.51. The van der Waals surface area contributed by atoms with Crippen LogP contribution in [0.1, 0.15) is 10.4 Å². The maximum absolute atomic E-state index is 13.9. The molecule has 0 saturated carbocycles. The molecule has 0 spiro atoms. The molecular weight excluding hydrogens is 387 g/mol. The third kappa shape index (κ3) is 4.17. The van der Waals surface area contributed by atoms with E-state index in [1.807, 2.05) is 53.9 Å². The lowest BCUT2D eigenvalue weighted by molar-refractivity contribution is 0.102. The van der Waals surface area contributed by atoms with Gasteiger partial charge in [0.1, 0.15) is 5.01 Å². The van der Waals surface area contributed by atoms with Crippen molar-refractivity contribution in [3.63, 3.8) is 0 Å². The number of benzene rings is 3. The van der Waals surface area contributed by atoms with Gasteiger partial charge in [-0.3, -0.25) is 4.79 Å². The van der Waals surface area contributed by atoms with Gasteiger partial charge in [-0.1, -0.05) is 42.5 Å². The van der Waals surface area contributed by atoms with Crippen LogP contribution in [0.15, 0.2) is 78.2 Å². The maximum atomic E-state index is 13.9. The molecule has 4 rings (SSSR count). The molecule has 1 N–H and O–H groups in total. The van der Waals surface area contributed by atoms with Crippen molar-refractivity contribution in [1.29, 1.82) is 0 Å². The van der Waals surface area contributed by atoms with E-state index in [1.165, 1.54) is 19.2 Å². The number of halogens is 1. The predicted molar refractivity (Wildman–Crippen MR) is 114 cm³/mol. The second-order valence-corrected chi connectivity index (χ2v) is 7.15. The van der Waals surface area contributed by atoms with E-state index in [4.69, 9.17) is 9.72 Å². The molecule has 0 aliphatic heterocycles. The van der Waals surface area contributed by atoms with Crippen molar-refractivity contribution in [3.8, 4) is 27.6 Å². The van der Waals surface area contributed by atoms with Gasteiger partial charge in [0.25, 0.3) is 5.91 Å². The summed E-state index contributed by atoms with van der Waals surface area (Å²) < 4.78 is 18.7. The normalized spacial score (nSPS) is 10.6. The van der Waals surface area contributed by atoms with E-state index in [0.29, 0.717) is 5.69 Å². The molecule has 0 atom stereocenters. The van der Waals surface area contributed by atoms with Crippen molar-refractivity contribution in [2.75, 3.05) is 12.4 Å². The maximum Gasteiger partial charge on any atom is 0.255 e. The Morgan fingerprint density at radius 1 is 1.00 bits per heavy atom. The summed E-state index contributed by atoms with van der Waals surface area (Å²) in [7, 11) is 1.38. The Balaban J connectivity index is 1.54. The van der Waals surface area contributed by atoms with E-state index in [1.54, 1.807) is 17.4 Å². The molecule has 1 aromatic heterocycles. The largest absolute Gasteiger partial charge is 0.494 e. The van der Waals surface area contributed by atoms with Crippen LogP contribution >= 0.6 is 11.3 Å². The van der Waals surface area contributed by atoms with Crippen LogP contribution in [0.4, 0.5) is 10.1 Å². The van der Waals surface area contributed by atoms with Gasteiger partial charge in [0.2, 0.25) is 0 Å². The lowest BCUT2D eigenvalue weighted by Crippen LogP contribution is -2.12. The summed E-state index contributed by atoms with van der Waals surface area (Å²) in [6.45, 7) is 0. The summed E-state index contributed by atoms with van der Waals surface area (Å²) in [4.78, 5) is 17.2. The minimum Gasteiger partial charge on any atom is -0.494 e. The SMILES string of the molecule is COc1ccc(C(=O)Nc2cccc(-c3csc(-c4ccccc4)n3)c2)cc1F. The van der Waals surface area contributed by atoms with Gasteiger partial charge in [0, 0.05) is 27.8 Å². The number of hydrogen-bond donors (Lipinski definition) is 1. The summed E-state index contributed by atoms with van der Waals surface area (Å²) >= 11 is 1.57. The van der Waals surface area contributed by atoms with Crippen LogP contribution in [0.25, 0.3) is 21.8 Å². The van der Waals surface area contributed by atoms with E-state index in [2.05, 4.69) is 5.32 Å². The third-order valence-corrected chi connectivity index (χ3v) is 5.25. The molecule has 0 bridgehead atoms. The van der Waals surface area contributed by atoms with Crippen molar-refractivity contribution in [2.45, 2.75) is 0 Å². The first-order valence-electron chi connectivity index (χ1n) is 8.90. The van der Waals surface area contributed by atoms with Gasteiger partial charge in [-0.05, 0) is 30.3 Å². The standard InChI is InChI=1S/C23H17FN2O2S/c1-28-21-11-10-17(13-19(21)24)22(27)25-18-9-5-8-16(12-18)20-14-29-23(26-20)15-6-3-2-4-7-15/h2-14H,1H3,(H,25,27). The topological polar surface area (TPSA) is 51.2 Å². The van der Waals surface area contributed by atoms with E-state index < -0.39 is 11.7 Å². The zero-order valence-corrected chi connectivity index (χ0v) is 16.4. The van der Waals surface area contributed by atoms with Crippen LogP contribution in [-0.4, -0.2) is 18.0 Å². The minimum absolute atomic E-state index is 0.0984. The zero-order valence-electron chi connectivity index (χ0n) is 15.6. The molecule has 0 saturated heterocycles. The highest BCUT2D eigenvalue weighted by Crippen LogP contribution is 2.30. The first-order valence-corrected chi connectivity index (χ1v) is 9.78. The Morgan fingerprint density at radius 2 is 1.79 bits per heavy atom. The lowest BCUT2D eigenvalue weighted by Gasteiger charge is -2.08. The fourth-order valence-electron chi connectivity index (χ4n) is 2.89. The highest BCUT2D eigenvalue weighted by Gasteiger charge is 2.12. The molecule has 0 unspecified atom stereocenters. The zero-order chi connectivity index (χ0) is 20.2. The molecule has 144 valence electrons. The van der Waals surface area contributed by atoms with Crippen LogP contribution in [-0.2, 0) is 0 Å². The monoisotopic (exact) mass is 404 g/mol. The number of nitrogens with one attached hydrogen (secondary N) is 1. The molecule has 1 heterocycles. The third-order valence-electron chi connectivity index (χ3n) is 4.36. The highest BCUT2D eigenvalue weighted by atomic mass is 32.1. The van der Waals surface area contributed by atoms with Crippen molar-refractivity contribution in [3.05, 3.63) is 89.6 Å². The Kier molecular flexibility index (Phi) is 5.35. The van der Waals surface area contributed by atoms with Crippen molar-refractivity contribution < 1.29 is 13.9 Å². The van der Waals surface area contributed by atoms with Crippen molar-refractivity contribution in [1.82, 2.24) is 4.98 Å². The number of methoxy groups -OCH3 is 1. The molecule has 29 heavy (non-hydrogen) atoms. The fraction of sp³-hybridized carbons (Fsp3) is 0.0435. The van der Waals surface area contributed by atoms with E-state index >= 15 is 0 Å². The summed E-state index contributed by atoms with van der Waals surface area (Å²) in [5.41, 5.74) is 3.61. The second kappa shape index (κ2) is 8.24. The number of amides is 1. The molecule has 6 heteroatoms. The molecule has 0 aliphatic carbocycles. The molecule has 0 aliphatic rings. The minimum atomic E-state index is -0.579. The number of hydrogen-bond acceptors (Lipinski definition) is 4. The summed E-state index contributed by atoms with van der Waals surface area (Å²) in [6, 6.07) is 21.5. The number of thiazole rings is 1. The Bertz CT molecular complexity index is 1160. The smallest absolute Gasteiger partial charge is 0.255 e. The predicted octanol–water partition coefficient (Wildman–Crippen LogP) is 5.88. The van der Waals surface area contributed by atoms with Crippen molar-refractivity contribution >= 4 is 22.9 Å². The van der Waals surface area contributed by atoms with Crippen LogP contribution < -0.4 is 10.1 Å². The van der Waals surface area contributed by atoms with Gasteiger partial charge >= 0.3 is 0 Å². The summed E-state index contributed by atoms with van der Waals surface area (Å²) in [5, 5.41) is 5.72. The quantitative estimate of drug-likeness (QED) is 0.452. The van der Waals surface area contributed by atoms with E-state index in [0.717, 1.165) is 27.9 Å². The number of anilines is 1. The van der Waals surface area contributed by atoms with Gasteiger partial charge in [0.15, 0.2) is 11.6 Å². The molecule has 1 amide bonds. The summed E-state index contributed by atoms with van der Waals surface area (Å²) in [6.07, 6.45) is 0. The number of carbonyl (C=O) groups is 1. The molecule has 4 aromatic rings. The molecule has 0 fully saturated rings. The van der Waals surface area contributed by atoms with Crippen molar-refractivity contribution in [2.24, 2.45) is 0 Å². The average molecular weight is 404 g/mol. The van der Waals surface area contributed by atoms with Crippen LogP contribution in [0.5, 0.6) is 5.75 Å². The van der Waals surface area contributed by atoms with Gasteiger partial charge in [-0.2, -0.15) is 0 Å². The molecule has 3 aromatic carbocycles. The molecular formula is C23H17FN2O2S. The van der Waals surface area contributed by atoms with Gasteiger partial charge < -0.3 is 10.1 Å². The first kappa shape index (κ1) is 18.8. The summed E-state index contributed by atoms with van der Waals surface area (Å²) in [5.74, 6) is -0.877. The van der Waals surface area contributed by atoms with Gasteiger partial charge in [0.05, 0.1) is 12.8 Å². The Labute approximate surface area is 171 Å². The Morgan fingerprint density at radius 3 is 2.55 bits per heavy atom. The number of aromatic nitrogens is 1. The van der Waals surface area contributed by atoms with Crippen LogP contribution in [0.2, 0.25) is 0 Å². The fourth-order valence-corrected chi connectivity index (χ4v) is 3.72.